The number of ether oxygens (including phenoxy) is 4. The summed E-state index contributed by atoms with van der Waals surface area (Å²) < 4.78 is 23.9. The molecule has 0 aromatic heterocycles. The third kappa shape index (κ3) is 14.7. The number of hydrogen-bond acceptors (Lipinski definition) is 5. The van der Waals surface area contributed by atoms with Gasteiger partial charge in [0.05, 0.1) is 39.6 Å². The van der Waals surface area contributed by atoms with E-state index in [0.717, 1.165) is 29.0 Å². The highest BCUT2D eigenvalue weighted by Crippen LogP contribution is 2.40. The summed E-state index contributed by atoms with van der Waals surface area (Å²) in [5.41, 5.74) is 2.47. The Hall–Kier alpha value is -2.54. The van der Waals surface area contributed by atoms with Crippen LogP contribution in [-0.4, -0.2) is 57.5 Å². The van der Waals surface area contributed by atoms with E-state index in [4.69, 9.17) is 18.9 Å². The van der Waals surface area contributed by atoms with Crippen molar-refractivity contribution < 1.29 is 24.1 Å². The molecule has 0 amide bonds. The Morgan fingerprint density at radius 3 is 1.45 bits per heavy atom. The summed E-state index contributed by atoms with van der Waals surface area (Å²) in [4.78, 5) is 0. The van der Waals surface area contributed by atoms with Crippen LogP contribution in [0.1, 0.15) is 119 Å². The number of aliphatic hydroxyl groups is 1. The number of benzene rings is 3. The highest BCUT2D eigenvalue weighted by atomic mass is 16.6. The maximum atomic E-state index is 10.2. The lowest BCUT2D eigenvalue weighted by atomic mass is 9.80. The third-order valence-electron chi connectivity index (χ3n) is 9.96. The van der Waals surface area contributed by atoms with Crippen molar-refractivity contribution in [2.75, 3.05) is 46.2 Å². The van der Waals surface area contributed by atoms with Crippen LogP contribution < -0.4 is 0 Å². The zero-order valence-corrected chi connectivity index (χ0v) is 30.2. The van der Waals surface area contributed by atoms with Crippen molar-refractivity contribution in [2.24, 2.45) is 5.92 Å². The van der Waals surface area contributed by atoms with Gasteiger partial charge < -0.3 is 24.1 Å². The molecule has 0 heterocycles. The molecule has 3 aromatic rings. The average Bonchev–Trinajstić information content (AvgIpc) is 3.16. The predicted molar refractivity (Wildman–Crippen MR) is 201 cm³/mol. The van der Waals surface area contributed by atoms with Crippen LogP contribution >= 0.6 is 0 Å². The molecule has 1 atom stereocenters. The number of aliphatic hydroxyl groups excluding tert-OH is 1. The van der Waals surface area contributed by atoms with Crippen LogP contribution in [0.25, 0.3) is 0 Å². The minimum absolute atomic E-state index is 0.250. The fourth-order valence-electron chi connectivity index (χ4n) is 7.26. The summed E-state index contributed by atoms with van der Waals surface area (Å²) >= 11 is 0. The quantitative estimate of drug-likeness (QED) is 0.0645. The Kier molecular flexibility index (Phi) is 19.7. The van der Waals surface area contributed by atoms with Crippen molar-refractivity contribution in [3.63, 3.8) is 0 Å². The van der Waals surface area contributed by atoms with Crippen LogP contribution in [0, 0.1) is 5.92 Å². The fraction of sp³-hybridized carbons (Fsp3) is 0.591. The van der Waals surface area contributed by atoms with Gasteiger partial charge in [-0.2, -0.15) is 0 Å². The van der Waals surface area contributed by atoms with Crippen molar-refractivity contribution >= 4 is 0 Å². The number of hydrogen-bond donors (Lipinski definition) is 1. The van der Waals surface area contributed by atoms with Crippen LogP contribution in [0.3, 0.4) is 0 Å². The van der Waals surface area contributed by atoms with E-state index in [1.165, 1.54) is 96.3 Å². The van der Waals surface area contributed by atoms with Gasteiger partial charge in [0.1, 0.15) is 11.7 Å². The minimum Gasteiger partial charge on any atom is -0.388 e. The van der Waals surface area contributed by atoms with E-state index in [9.17, 15) is 5.11 Å². The molecular weight excluding hydrogens is 608 g/mol. The van der Waals surface area contributed by atoms with Gasteiger partial charge >= 0.3 is 0 Å². The molecule has 0 spiro atoms. The zero-order valence-electron chi connectivity index (χ0n) is 30.2. The molecule has 1 unspecified atom stereocenters. The van der Waals surface area contributed by atoms with Gasteiger partial charge in [-0.1, -0.05) is 187 Å². The van der Waals surface area contributed by atoms with E-state index in [2.05, 4.69) is 72.8 Å². The maximum absolute atomic E-state index is 10.2. The first-order valence-corrected chi connectivity index (χ1v) is 19.5. The molecule has 1 aliphatic rings. The van der Waals surface area contributed by atoms with Gasteiger partial charge in [0.2, 0.25) is 0 Å². The first kappa shape index (κ1) is 39.2. The zero-order chi connectivity index (χ0) is 34.1. The lowest BCUT2D eigenvalue weighted by Gasteiger charge is -2.36. The van der Waals surface area contributed by atoms with Gasteiger partial charge in [0, 0.05) is 6.61 Å². The summed E-state index contributed by atoms with van der Waals surface area (Å²) in [6.45, 7) is 2.97. The molecule has 49 heavy (non-hydrogen) atoms. The molecule has 4 rings (SSSR count). The van der Waals surface area contributed by atoms with Crippen LogP contribution in [0.15, 0.2) is 91.0 Å². The molecular formula is C44H64O5. The molecule has 0 bridgehead atoms. The Labute approximate surface area is 297 Å². The van der Waals surface area contributed by atoms with E-state index in [1.807, 2.05) is 18.2 Å². The van der Waals surface area contributed by atoms with Gasteiger partial charge in [0.25, 0.3) is 0 Å². The summed E-state index contributed by atoms with van der Waals surface area (Å²) in [5, 5.41) is 10.2. The van der Waals surface area contributed by atoms with E-state index in [0.29, 0.717) is 39.6 Å². The van der Waals surface area contributed by atoms with Crippen molar-refractivity contribution in [1.29, 1.82) is 0 Å². The van der Waals surface area contributed by atoms with Crippen LogP contribution in [0.5, 0.6) is 0 Å². The Morgan fingerprint density at radius 2 is 0.918 bits per heavy atom. The molecule has 0 radical (unpaired) electrons. The van der Waals surface area contributed by atoms with E-state index in [-0.39, 0.29) is 6.61 Å². The van der Waals surface area contributed by atoms with Gasteiger partial charge in [-0.05, 0) is 29.0 Å². The monoisotopic (exact) mass is 672 g/mol. The van der Waals surface area contributed by atoms with Crippen LogP contribution in [0.2, 0.25) is 0 Å². The normalized spacial score (nSPS) is 14.6. The SMILES string of the molecule is OC(COCCCCCCCCCCCCC1CCCCC1)COCCOCCOC(c1ccccc1)(c1ccccc1)c1ccccc1. The lowest BCUT2D eigenvalue weighted by Crippen LogP contribution is -2.34. The maximum Gasteiger partial charge on any atom is 0.143 e. The highest BCUT2D eigenvalue weighted by Gasteiger charge is 2.37. The minimum atomic E-state index is -0.749. The second-order valence-corrected chi connectivity index (χ2v) is 13.9. The van der Waals surface area contributed by atoms with Crippen molar-refractivity contribution in [2.45, 2.75) is 114 Å². The smallest absolute Gasteiger partial charge is 0.143 e. The van der Waals surface area contributed by atoms with Crippen molar-refractivity contribution in [3.8, 4) is 0 Å². The molecule has 5 heteroatoms. The number of rotatable bonds is 27. The fourth-order valence-corrected chi connectivity index (χ4v) is 7.26. The Bertz CT molecular complexity index is 1090. The first-order valence-electron chi connectivity index (χ1n) is 19.5. The van der Waals surface area contributed by atoms with Crippen molar-refractivity contribution in [3.05, 3.63) is 108 Å². The topological polar surface area (TPSA) is 57.2 Å². The number of unbranched alkanes of at least 4 members (excludes halogenated alkanes) is 9. The molecule has 1 fully saturated rings. The lowest BCUT2D eigenvalue weighted by molar-refractivity contribution is -0.0492. The van der Waals surface area contributed by atoms with E-state index in [1.54, 1.807) is 0 Å². The molecule has 1 saturated carbocycles. The summed E-state index contributed by atoms with van der Waals surface area (Å²) in [6, 6.07) is 31.1. The summed E-state index contributed by atoms with van der Waals surface area (Å²) in [5.74, 6) is 1.05. The van der Waals surface area contributed by atoms with Crippen molar-refractivity contribution in [1.82, 2.24) is 0 Å². The third-order valence-corrected chi connectivity index (χ3v) is 9.96. The highest BCUT2D eigenvalue weighted by molar-refractivity contribution is 5.47. The van der Waals surface area contributed by atoms with E-state index >= 15 is 0 Å². The Morgan fingerprint density at radius 1 is 0.490 bits per heavy atom. The van der Waals surface area contributed by atoms with Crippen LogP contribution in [0.4, 0.5) is 0 Å². The summed E-state index contributed by atoms with van der Waals surface area (Å²) in [6.07, 6.45) is 21.7. The largest absolute Gasteiger partial charge is 0.388 e. The second-order valence-electron chi connectivity index (χ2n) is 13.9. The van der Waals surface area contributed by atoms with Gasteiger partial charge in [0.15, 0.2) is 0 Å². The first-order chi connectivity index (χ1) is 24.3. The van der Waals surface area contributed by atoms with Gasteiger partial charge in [-0.3, -0.25) is 0 Å². The molecule has 1 N–H and O–H groups in total. The Balaban J connectivity index is 0.981. The van der Waals surface area contributed by atoms with Crippen LogP contribution in [-0.2, 0) is 24.5 Å². The standard InChI is InChI=1S/C44H64O5/c45-43(37-47-32-22-8-6-4-2-1-3-5-7-13-23-39-24-14-9-15-25-39)38-48-34-33-46-35-36-49-44(40-26-16-10-17-27-40,41-28-18-11-19-29-41)42-30-20-12-21-31-42/h10-12,16-21,26-31,39,43,45H,1-9,13-15,22-25,32-38H2. The molecule has 5 nitrogen and oxygen atoms in total. The molecule has 3 aromatic carbocycles. The molecule has 1 aliphatic carbocycles. The molecule has 0 saturated heterocycles. The molecule has 270 valence electrons. The van der Waals surface area contributed by atoms with Gasteiger partial charge in [-0.25, -0.2) is 0 Å². The van der Waals surface area contributed by atoms with E-state index < -0.39 is 11.7 Å². The second kappa shape index (κ2) is 24.6. The molecule has 0 aliphatic heterocycles. The van der Waals surface area contributed by atoms with Gasteiger partial charge in [-0.15, -0.1) is 0 Å². The predicted octanol–water partition coefficient (Wildman–Crippen LogP) is 10.3. The summed E-state index contributed by atoms with van der Waals surface area (Å²) in [7, 11) is 0. The average molecular weight is 673 g/mol.